The van der Waals surface area contributed by atoms with E-state index in [1.54, 1.807) is 17.2 Å². The van der Waals surface area contributed by atoms with Crippen molar-refractivity contribution in [3.63, 3.8) is 0 Å². The number of aryl methyl sites for hydroxylation is 2. The van der Waals surface area contributed by atoms with Crippen molar-refractivity contribution in [2.45, 2.75) is 32.1 Å². The van der Waals surface area contributed by atoms with Gasteiger partial charge >= 0.3 is 0 Å². The van der Waals surface area contributed by atoms with E-state index in [2.05, 4.69) is 15.5 Å². The molecule has 0 unspecified atom stereocenters. The molecule has 6 nitrogen and oxygen atoms in total. The predicted molar refractivity (Wildman–Crippen MR) is 102 cm³/mol. The first kappa shape index (κ1) is 17.1. The Balaban J connectivity index is 1.34. The monoisotopic (exact) mass is 360 g/mol. The Bertz CT molecular complexity index is 980. The first-order valence-corrected chi connectivity index (χ1v) is 9.09. The van der Waals surface area contributed by atoms with Crippen molar-refractivity contribution in [1.82, 2.24) is 14.8 Å². The summed E-state index contributed by atoms with van der Waals surface area (Å²) in [5.41, 5.74) is 4.86. The van der Waals surface area contributed by atoms with E-state index in [0.717, 1.165) is 24.9 Å². The maximum Gasteiger partial charge on any atom is 0.224 e. The van der Waals surface area contributed by atoms with E-state index < -0.39 is 0 Å². The molecule has 0 aliphatic heterocycles. The van der Waals surface area contributed by atoms with Gasteiger partial charge in [-0.2, -0.15) is 0 Å². The first-order valence-electron chi connectivity index (χ1n) is 9.09. The predicted octanol–water partition coefficient (Wildman–Crippen LogP) is 3.36. The van der Waals surface area contributed by atoms with Crippen LogP contribution in [0.25, 0.3) is 5.69 Å². The summed E-state index contributed by atoms with van der Waals surface area (Å²) in [6.45, 7) is 0. The molecule has 1 amide bonds. The van der Waals surface area contributed by atoms with Gasteiger partial charge in [0.25, 0.3) is 0 Å². The van der Waals surface area contributed by atoms with Crippen LogP contribution in [-0.4, -0.2) is 26.5 Å². The van der Waals surface area contributed by atoms with E-state index in [-0.39, 0.29) is 24.5 Å². The average molecular weight is 360 g/mol. The van der Waals surface area contributed by atoms with Gasteiger partial charge in [0.05, 0.1) is 5.69 Å². The van der Waals surface area contributed by atoms with Crippen LogP contribution in [0.3, 0.4) is 0 Å². The van der Waals surface area contributed by atoms with E-state index in [0.29, 0.717) is 11.3 Å². The number of carbonyl (C=O) groups excluding carboxylic acids is 2. The van der Waals surface area contributed by atoms with Crippen LogP contribution in [0.4, 0.5) is 5.69 Å². The molecule has 0 saturated heterocycles. The maximum absolute atomic E-state index is 12.4. The lowest BCUT2D eigenvalue weighted by Crippen LogP contribution is -2.13. The molecule has 27 heavy (non-hydrogen) atoms. The summed E-state index contributed by atoms with van der Waals surface area (Å²) in [5.74, 6) is -0.163. The largest absolute Gasteiger partial charge is 0.326 e. The van der Waals surface area contributed by atoms with Gasteiger partial charge < -0.3 is 5.32 Å². The zero-order valence-electron chi connectivity index (χ0n) is 14.9. The number of anilines is 1. The van der Waals surface area contributed by atoms with Gasteiger partial charge in [-0.15, -0.1) is 10.2 Å². The maximum atomic E-state index is 12.4. The van der Waals surface area contributed by atoms with Crippen LogP contribution in [0.2, 0.25) is 0 Å². The van der Waals surface area contributed by atoms with Gasteiger partial charge in [-0.3, -0.25) is 14.2 Å². The van der Waals surface area contributed by atoms with Crippen molar-refractivity contribution >= 4 is 17.4 Å². The second-order valence-corrected chi connectivity index (χ2v) is 6.73. The number of hydrogen-bond donors (Lipinski definition) is 1. The summed E-state index contributed by atoms with van der Waals surface area (Å²) in [7, 11) is 0. The number of amides is 1. The SMILES string of the molecule is O=C(CCC(=O)c1ccc2c(c1)CCC2)Nc1cccc(-n2cnnc2)c1. The molecular formula is C21H20N4O2. The topological polar surface area (TPSA) is 76.9 Å². The Morgan fingerprint density at radius 1 is 0.963 bits per heavy atom. The van der Waals surface area contributed by atoms with Crippen molar-refractivity contribution in [2.24, 2.45) is 0 Å². The number of nitrogens with zero attached hydrogens (tertiary/aromatic N) is 3. The Morgan fingerprint density at radius 3 is 2.63 bits per heavy atom. The summed E-state index contributed by atoms with van der Waals surface area (Å²) < 4.78 is 1.76. The van der Waals surface area contributed by atoms with Crippen LogP contribution in [0, 0.1) is 0 Å². The molecule has 0 saturated carbocycles. The standard InChI is InChI=1S/C21H20N4O2/c26-20(17-8-7-15-3-1-4-16(15)11-17)9-10-21(27)24-18-5-2-6-19(12-18)25-13-22-23-14-25/h2,5-8,11-14H,1,3-4,9-10H2,(H,24,27). The molecule has 0 spiro atoms. The Morgan fingerprint density at radius 2 is 1.78 bits per heavy atom. The lowest BCUT2D eigenvalue weighted by Gasteiger charge is -2.08. The van der Waals surface area contributed by atoms with Gasteiger partial charge in [-0.25, -0.2) is 0 Å². The highest BCUT2D eigenvalue weighted by Gasteiger charge is 2.15. The average Bonchev–Trinajstić information content (AvgIpc) is 3.37. The molecule has 4 rings (SSSR count). The zero-order chi connectivity index (χ0) is 18.6. The van der Waals surface area contributed by atoms with Gasteiger partial charge in [0.15, 0.2) is 5.78 Å². The quantitative estimate of drug-likeness (QED) is 0.684. The molecule has 1 N–H and O–H groups in total. The van der Waals surface area contributed by atoms with Crippen molar-refractivity contribution in [3.8, 4) is 5.69 Å². The number of benzene rings is 2. The van der Waals surface area contributed by atoms with E-state index >= 15 is 0 Å². The molecule has 0 fully saturated rings. The second-order valence-electron chi connectivity index (χ2n) is 6.73. The minimum Gasteiger partial charge on any atom is -0.326 e. The van der Waals surface area contributed by atoms with Crippen molar-refractivity contribution < 1.29 is 9.59 Å². The van der Waals surface area contributed by atoms with E-state index in [4.69, 9.17) is 0 Å². The van der Waals surface area contributed by atoms with Crippen molar-refractivity contribution in [3.05, 3.63) is 71.8 Å². The van der Waals surface area contributed by atoms with Gasteiger partial charge in [0, 0.05) is 24.1 Å². The Labute approximate surface area is 157 Å². The first-order chi connectivity index (χ1) is 13.2. The van der Waals surface area contributed by atoms with Gasteiger partial charge in [-0.1, -0.05) is 18.2 Å². The van der Waals surface area contributed by atoms with Gasteiger partial charge in [0.2, 0.25) is 5.91 Å². The number of Topliss-reactive ketones (excluding diaryl/α,β-unsaturated/α-hetero) is 1. The highest BCUT2D eigenvalue weighted by molar-refractivity contribution is 6.00. The number of hydrogen-bond acceptors (Lipinski definition) is 4. The summed E-state index contributed by atoms with van der Waals surface area (Å²) in [6.07, 6.45) is 6.85. The molecule has 6 heteroatoms. The third-order valence-electron chi connectivity index (χ3n) is 4.85. The number of nitrogens with one attached hydrogen (secondary N) is 1. The van der Waals surface area contributed by atoms with Crippen LogP contribution in [-0.2, 0) is 17.6 Å². The minimum atomic E-state index is -0.176. The lowest BCUT2D eigenvalue weighted by atomic mass is 10.0. The van der Waals surface area contributed by atoms with E-state index in [1.807, 2.05) is 42.5 Å². The number of carbonyl (C=O) groups is 2. The lowest BCUT2D eigenvalue weighted by molar-refractivity contribution is -0.116. The fourth-order valence-electron chi connectivity index (χ4n) is 3.42. The van der Waals surface area contributed by atoms with Crippen LogP contribution in [0.5, 0.6) is 0 Å². The number of fused-ring (bicyclic) bond motifs is 1. The van der Waals surface area contributed by atoms with Crippen LogP contribution >= 0.6 is 0 Å². The second kappa shape index (κ2) is 7.53. The highest BCUT2D eigenvalue weighted by atomic mass is 16.2. The minimum absolute atomic E-state index is 0.0121. The summed E-state index contributed by atoms with van der Waals surface area (Å²) in [4.78, 5) is 24.7. The van der Waals surface area contributed by atoms with Gasteiger partial charge in [-0.05, 0) is 54.7 Å². The van der Waals surface area contributed by atoms with Crippen molar-refractivity contribution in [1.29, 1.82) is 0 Å². The molecule has 1 aromatic heterocycles. The number of rotatable bonds is 6. The zero-order valence-corrected chi connectivity index (χ0v) is 14.9. The molecule has 1 aliphatic carbocycles. The highest BCUT2D eigenvalue weighted by Crippen LogP contribution is 2.23. The molecule has 1 aliphatic rings. The molecule has 0 radical (unpaired) electrons. The fourth-order valence-corrected chi connectivity index (χ4v) is 3.42. The fraction of sp³-hybridized carbons (Fsp3) is 0.238. The normalized spacial score (nSPS) is 12.6. The molecule has 1 heterocycles. The molecular weight excluding hydrogens is 340 g/mol. The number of aromatic nitrogens is 3. The van der Waals surface area contributed by atoms with Crippen LogP contribution in [0.1, 0.15) is 40.7 Å². The van der Waals surface area contributed by atoms with Crippen LogP contribution in [0.15, 0.2) is 55.1 Å². The molecule has 0 bridgehead atoms. The Kier molecular flexibility index (Phi) is 4.78. The summed E-state index contributed by atoms with van der Waals surface area (Å²) >= 11 is 0. The number of ketones is 1. The van der Waals surface area contributed by atoms with Crippen LogP contribution < -0.4 is 5.32 Å². The molecule has 3 aromatic rings. The third-order valence-corrected chi connectivity index (χ3v) is 4.85. The smallest absolute Gasteiger partial charge is 0.224 e. The summed E-state index contributed by atoms with van der Waals surface area (Å²) in [5, 5.41) is 10.4. The van der Waals surface area contributed by atoms with Crippen molar-refractivity contribution in [2.75, 3.05) is 5.32 Å². The summed E-state index contributed by atoms with van der Waals surface area (Å²) in [6, 6.07) is 13.3. The van der Waals surface area contributed by atoms with Gasteiger partial charge in [0.1, 0.15) is 12.7 Å². The third kappa shape index (κ3) is 3.95. The molecule has 0 atom stereocenters. The Hall–Kier alpha value is -3.28. The molecule has 136 valence electrons. The molecule has 2 aromatic carbocycles. The van der Waals surface area contributed by atoms with E-state index in [1.165, 1.54) is 11.1 Å². The van der Waals surface area contributed by atoms with E-state index in [9.17, 15) is 9.59 Å².